The molecule has 1 aromatic rings. The summed E-state index contributed by atoms with van der Waals surface area (Å²) in [7, 11) is 1.46. The highest BCUT2D eigenvalue weighted by atomic mass is 32.1. The van der Waals surface area contributed by atoms with Crippen molar-refractivity contribution in [3.8, 4) is 0 Å². The van der Waals surface area contributed by atoms with Crippen LogP contribution in [0.5, 0.6) is 0 Å². The molecule has 0 spiro atoms. The first-order valence-corrected chi connectivity index (χ1v) is 8.36. The van der Waals surface area contributed by atoms with E-state index in [-0.39, 0.29) is 12.0 Å². The minimum Gasteiger partial charge on any atom is -0.469 e. The number of methoxy groups -OCH3 is 1. The van der Waals surface area contributed by atoms with Gasteiger partial charge in [0.1, 0.15) is 0 Å². The fourth-order valence-electron chi connectivity index (χ4n) is 3.22. The van der Waals surface area contributed by atoms with Crippen LogP contribution in [-0.4, -0.2) is 19.1 Å². The zero-order valence-corrected chi connectivity index (χ0v) is 13.4. The number of thiophene rings is 1. The number of hydrogen-bond acceptors (Lipinski definition) is 4. The van der Waals surface area contributed by atoms with E-state index in [0.29, 0.717) is 24.3 Å². The molecule has 1 fully saturated rings. The molecule has 3 atom stereocenters. The molecule has 1 aliphatic rings. The van der Waals surface area contributed by atoms with Gasteiger partial charge >= 0.3 is 5.97 Å². The molecule has 0 bridgehead atoms. The summed E-state index contributed by atoms with van der Waals surface area (Å²) in [6.07, 6.45) is 4.28. The van der Waals surface area contributed by atoms with Crippen LogP contribution in [-0.2, 0) is 9.53 Å². The van der Waals surface area contributed by atoms with E-state index >= 15 is 0 Å². The molecule has 0 aromatic carbocycles. The Balaban J connectivity index is 2.08. The van der Waals surface area contributed by atoms with Crippen LogP contribution in [0.3, 0.4) is 0 Å². The van der Waals surface area contributed by atoms with Crippen molar-refractivity contribution >= 4 is 17.3 Å². The van der Waals surface area contributed by atoms with Gasteiger partial charge in [0, 0.05) is 10.9 Å². The lowest BCUT2D eigenvalue weighted by molar-refractivity contribution is -0.141. The zero-order valence-electron chi connectivity index (χ0n) is 12.6. The summed E-state index contributed by atoms with van der Waals surface area (Å²) in [5, 5.41) is 5.80. The number of esters is 1. The standard InChI is InChI=1S/C16H25NO2S/c1-11-6-4-7-12(2)16(11)17-13(10-15(18)19-3)14-8-5-9-20-14/h5,8-9,11-13,16-17H,4,6-7,10H2,1-3H3. The summed E-state index contributed by atoms with van der Waals surface area (Å²) in [5.74, 6) is 1.18. The van der Waals surface area contributed by atoms with E-state index in [1.165, 1.54) is 31.2 Å². The van der Waals surface area contributed by atoms with Crippen molar-refractivity contribution in [3.63, 3.8) is 0 Å². The number of hydrogen-bond donors (Lipinski definition) is 1. The first-order chi connectivity index (χ1) is 9.61. The van der Waals surface area contributed by atoms with Crippen LogP contribution in [0, 0.1) is 11.8 Å². The summed E-state index contributed by atoms with van der Waals surface area (Å²) in [6.45, 7) is 4.63. The highest BCUT2D eigenvalue weighted by Crippen LogP contribution is 2.32. The Bertz CT molecular complexity index is 408. The van der Waals surface area contributed by atoms with Crippen LogP contribution < -0.4 is 5.32 Å². The quantitative estimate of drug-likeness (QED) is 0.840. The summed E-state index contributed by atoms with van der Waals surface area (Å²) < 4.78 is 4.85. The molecule has 3 nitrogen and oxygen atoms in total. The molecular weight excluding hydrogens is 270 g/mol. The van der Waals surface area contributed by atoms with Crippen molar-refractivity contribution < 1.29 is 9.53 Å². The van der Waals surface area contributed by atoms with Crippen LogP contribution in [0.2, 0.25) is 0 Å². The second kappa shape index (κ2) is 7.23. The van der Waals surface area contributed by atoms with Crippen molar-refractivity contribution in [1.29, 1.82) is 0 Å². The topological polar surface area (TPSA) is 38.3 Å². The van der Waals surface area contributed by atoms with Crippen molar-refractivity contribution in [2.24, 2.45) is 11.8 Å². The van der Waals surface area contributed by atoms with E-state index in [1.54, 1.807) is 11.3 Å². The van der Waals surface area contributed by atoms with E-state index in [1.807, 2.05) is 6.07 Å². The van der Waals surface area contributed by atoms with Crippen molar-refractivity contribution in [2.75, 3.05) is 7.11 Å². The summed E-state index contributed by atoms with van der Waals surface area (Å²) >= 11 is 1.70. The highest BCUT2D eigenvalue weighted by molar-refractivity contribution is 7.10. The van der Waals surface area contributed by atoms with Crippen LogP contribution in [0.25, 0.3) is 0 Å². The summed E-state index contributed by atoms with van der Waals surface area (Å²) in [5.41, 5.74) is 0. The van der Waals surface area contributed by atoms with Gasteiger partial charge in [-0.15, -0.1) is 11.3 Å². The molecule has 112 valence electrons. The molecule has 0 radical (unpaired) electrons. The third kappa shape index (κ3) is 3.83. The van der Waals surface area contributed by atoms with Crippen molar-refractivity contribution in [3.05, 3.63) is 22.4 Å². The molecule has 0 aliphatic heterocycles. The van der Waals surface area contributed by atoms with Gasteiger partial charge in [0.15, 0.2) is 0 Å². The lowest BCUT2D eigenvalue weighted by Gasteiger charge is -2.37. The Labute approximate surface area is 125 Å². The van der Waals surface area contributed by atoms with Gasteiger partial charge in [-0.2, -0.15) is 0 Å². The minimum absolute atomic E-state index is 0.0791. The molecule has 0 amide bonds. The van der Waals surface area contributed by atoms with E-state index in [9.17, 15) is 4.79 Å². The van der Waals surface area contributed by atoms with Gasteiger partial charge in [0.25, 0.3) is 0 Å². The minimum atomic E-state index is -0.146. The molecule has 0 saturated heterocycles. The number of carbonyl (C=O) groups is 1. The van der Waals surface area contributed by atoms with Gasteiger partial charge in [-0.1, -0.05) is 26.3 Å². The van der Waals surface area contributed by atoms with Gasteiger partial charge in [-0.3, -0.25) is 4.79 Å². The number of rotatable bonds is 5. The predicted octanol–water partition coefficient (Wildman–Crippen LogP) is 3.77. The Kier molecular flexibility index (Phi) is 5.61. The Hall–Kier alpha value is -0.870. The highest BCUT2D eigenvalue weighted by Gasteiger charge is 2.30. The van der Waals surface area contributed by atoms with E-state index in [4.69, 9.17) is 4.74 Å². The smallest absolute Gasteiger partial charge is 0.307 e. The number of carbonyl (C=O) groups excluding carboxylic acids is 1. The lowest BCUT2D eigenvalue weighted by Crippen LogP contribution is -2.44. The average Bonchev–Trinajstić information content (AvgIpc) is 2.95. The zero-order chi connectivity index (χ0) is 14.5. The van der Waals surface area contributed by atoms with Crippen LogP contribution >= 0.6 is 11.3 Å². The van der Waals surface area contributed by atoms with Crippen molar-refractivity contribution in [1.82, 2.24) is 5.32 Å². The second-order valence-electron chi connectivity index (χ2n) is 5.93. The van der Waals surface area contributed by atoms with Gasteiger partial charge in [-0.05, 0) is 36.1 Å². The third-order valence-electron chi connectivity index (χ3n) is 4.42. The largest absolute Gasteiger partial charge is 0.469 e. The van der Waals surface area contributed by atoms with Gasteiger partial charge in [0.2, 0.25) is 0 Å². The second-order valence-corrected chi connectivity index (χ2v) is 6.91. The normalized spacial score (nSPS) is 28.1. The molecule has 20 heavy (non-hydrogen) atoms. The molecule has 4 heteroatoms. The Morgan fingerprint density at radius 1 is 1.45 bits per heavy atom. The molecule has 1 N–H and O–H groups in total. The molecule has 1 saturated carbocycles. The maximum Gasteiger partial charge on any atom is 0.307 e. The molecule has 2 rings (SSSR count). The van der Waals surface area contributed by atoms with Gasteiger partial charge in [0.05, 0.1) is 19.6 Å². The average molecular weight is 295 g/mol. The maximum atomic E-state index is 11.7. The fraction of sp³-hybridized carbons (Fsp3) is 0.688. The van der Waals surface area contributed by atoms with Crippen LogP contribution in [0.4, 0.5) is 0 Å². The number of nitrogens with one attached hydrogen (secondary N) is 1. The van der Waals surface area contributed by atoms with E-state index < -0.39 is 0 Å². The SMILES string of the molecule is COC(=O)CC(NC1C(C)CCCC1C)c1cccs1. The third-order valence-corrected chi connectivity index (χ3v) is 5.41. The molecule has 1 aromatic heterocycles. The molecule has 1 aliphatic carbocycles. The first kappa shape index (κ1) is 15.5. The van der Waals surface area contributed by atoms with Crippen molar-refractivity contribution in [2.45, 2.75) is 51.6 Å². The Morgan fingerprint density at radius 3 is 2.70 bits per heavy atom. The Morgan fingerprint density at radius 2 is 2.15 bits per heavy atom. The maximum absolute atomic E-state index is 11.7. The van der Waals surface area contributed by atoms with Gasteiger partial charge in [-0.25, -0.2) is 0 Å². The van der Waals surface area contributed by atoms with Gasteiger partial charge < -0.3 is 10.1 Å². The molecule has 1 heterocycles. The van der Waals surface area contributed by atoms with E-state index in [2.05, 4.69) is 30.6 Å². The molecular formula is C16H25NO2S. The summed E-state index contributed by atoms with van der Waals surface area (Å²) in [6, 6.07) is 4.71. The van der Waals surface area contributed by atoms with E-state index in [0.717, 1.165) is 0 Å². The van der Waals surface area contributed by atoms with Crippen LogP contribution in [0.1, 0.15) is 50.4 Å². The lowest BCUT2D eigenvalue weighted by atomic mass is 9.78. The number of ether oxygens (including phenoxy) is 1. The summed E-state index contributed by atoms with van der Waals surface area (Å²) in [4.78, 5) is 12.9. The molecule has 3 unspecified atom stereocenters. The van der Waals surface area contributed by atoms with Crippen LogP contribution in [0.15, 0.2) is 17.5 Å². The predicted molar refractivity (Wildman–Crippen MR) is 82.8 cm³/mol. The first-order valence-electron chi connectivity index (χ1n) is 7.48. The monoisotopic (exact) mass is 295 g/mol. The fourth-order valence-corrected chi connectivity index (χ4v) is 4.01.